The van der Waals surface area contributed by atoms with Gasteiger partial charge in [-0.25, -0.2) is 9.78 Å². The van der Waals surface area contributed by atoms with Crippen molar-refractivity contribution in [1.82, 2.24) is 4.98 Å². The molecule has 2 aromatic rings. The van der Waals surface area contributed by atoms with E-state index >= 15 is 0 Å². The van der Waals surface area contributed by atoms with Gasteiger partial charge in [0.15, 0.2) is 5.69 Å². The number of carbonyl (C=O) groups is 1. The van der Waals surface area contributed by atoms with Crippen molar-refractivity contribution in [2.45, 2.75) is 0 Å². The summed E-state index contributed by atoms with van der Waals surface area (Å²) in [5, 5.41) is 9.99. The number of benzene rings is 1. The van der Waals surface area contributed by atoms with Crippen molar-refractivity contribution in [2.75, 3.05) is 7.11 Å². The largest absolute Gasteiger partial charge is 0.496 e. The van der Waals surface area contributed by atoms with Gasteiger partial charge >= 0.3 is 5.97 Å². The zero-order valence-electron chi connectivity index (χ0n) is 8.70. The number of carboxylic acid groups (broad SMARTS) is 1. The minimum Gasteiger partial charge on any atom is -0.496 e. The van der Waals surface area contributed by atoms with Crippen LogP contribution in [0.3, 0.4) is 0 Å². The average molecular weight is 317 g/mol. The maximum absolute atomic E-state index is 10.9. The molecule has 0 radical (unpaired) electrons. The Morgan fingerprint density at radius 1 is 1.53 bits per heavy atom. The van der Waals surface area contributed by atoms with Gasteiger partial charge in [0, 0.05) is 10.5 Å². The van der Waals surface area contributed by atoms with Crippen molar-refractivity contribution >= 4 is 44.4 Å². The third kappa shape index (κ3) is 2.08. The molecule has 0 aliphatic carbocycles. The molecular formula is C11H7BrClNO3. The Kier molecular flexibility index (Phi) is 3.22. The first-order valence-electron chi connectivity index (χ1n) is 4.60. The Bertz CT molecular complexity index is 615. The minimum atomic E-state index is -1.12. The molecule has 0 unspecified atom stereocenters. The number of hydrogen-bond acceptors (Lipinski definition) is 3. The Labute approximate surface area is 110 Å². The van der Waals surface area contributed by atoms with Crippen molar-refractivity contribution in [3.8, 4) is 5.75 Å². The molecule has 0 fully saturated rings. The van der Waals surface area contributed by atoms with Gasteiger partial charge in [-0.2, -0.15) is 0 Å². The number of ether oxygens (including phenoxy) is 1. The van der Waals surface area contributed by atoms with E-state index in [1.165, 1.54) is 13.2 Å². The van der Waals surface area contributed by atoms with Crippen molar-refractivity contribution in [3.63, 3.8) is 0 Å². The van der Waals surface area contributed by atoms with Crippen LogP contribution in [0.4, 0.5) is 0 Å². The monoisotopic (exact) mass is 315 g/mol. The Morgan fingerprint density at radius 3 is 2.82 bits per heavy atom. The van der Waals surface area contributed by atoms with Crippen LogP contribution in [0, 0.1) is 0 Å². The first-order valence-corrected chi connectivity index (χ1v) is 5.77. The van der Waals surface area contributed by atoms with Gasteiger partial charge in [0.2, 0.25) is 0 Å². The highest BCUT2D eigenvalue weighted by Gasteiger charge is 2.15. The molecule has 1 aromatic heterocycles. The minimum absolute atomic E-state index is 0.102. The van der Waals surface area contributed by atoms with E-state index in [1.54, 1.807) is 12.1 Å². The number of rotatable bonds is 2. The van der Waals surface area contributed by atoms with Crippen LogP contribution in [0.5, 0.6) is 5.75 Å². The summed E-state index contributed by atoms with van der Waals surface area (Å²) in [6.07, 6.45) is 0. The third-order valence-corrected chi connectivity index (χ3v) is 3.23. The van der Waals surface area contributed by atoms with E-state index in [0.717, 1.165) is 4.47 Å². The van der Waals surface area contributed by atoms with Gasteiger partial charge in [-0.1, -0.05) is 11.6 Å². The lowest BCUT2D eigenvalue weighted by Gasteiger charge is -2.09. The van der Waals surface area contributed by atoms with E-state index in [0.29, 0.717) is 21.7 Å². The number of hydrogen-bond donors (Lipinski definition) is 1. The van der Waals surface area contributed by atoms with Gasteiger partial charge in [-0.15, -0.1) is 0 Å². The van der Waals surface area contributed by atoms with E-state index in [9.17, 15) is 4.79 Å². The molecule has 1 N–H and O–H groups in total. The second-order valence-corrected chi connectivity index (χ2v) is 4.53. The van der Waals surface area contributed by atoms with E-state index in [2.05, 4.69) is 20.9 Å². The number of carboxylic acids is 1. The summed E-state index contributed by atoms with van der Waals surface area (Å²) in [5.74, 6) is -0.706. The highest BCUT2D eigenvalue weighted by Crippen LogP contribution is 2.35. The van der Waals surface area contributed by atoms with E-state index in [-0.39, 0.29) is 5.69 Å². The molecule has 4 nitrogen and oxygen atoms in total. The number of methoxy groups -OCH3 is 1. The summed E-state index contributed by atoms with van der Waals surface area (Å²) in [4.78, 5) is 14.9. The summed E-state index contributed by atoms with van der Waals surface area (Å²) in [5.41, 5.74) is 0.298. The zero-order valence-corrected chi connectivity index (χ0v) is 11.0. The van der Waals surface area contributed by atoms with Crippen LogP contribution in [0.1, 0.15) is 10.5 Å². The fourth-order valence-corrected chi connectivity index (χ4v) is 2.22. The van der Waals surface area contributed by atoms with Crippen LogP contribution in [-0.2, 0) is 0 Å². The maximum atomic E-state index is 10.9. The Balaban J connectivity index is 2.91. The van der Waals surface area contributed by atoms with Crippen LogP contribution in [0.15, 0.2) is 22.7 Å². The van der Waals surface area contributed by atoms with Crippen LogP contribution >= 0.6 is 27.5 Å². The van der Waals surface area contributed by atoms with Gasteiger partial charge in [-0.3, -0.25) is 0 Å². The predicted octanol–water partition coefficient (Wildman–Crippen LogP) is 3.36. The van der Waals surface area contributed by atoms with E-state index in [1.807, 2.05) is 0 Å². The number of pyridine rings is 1. The Hall–Kier alpha value is -1.33. The molecule has 0 aliphatic rings. The average Bonchev–Trinajstić information content (AvgIpc) is 2.32. The lowest BCUT2D eigenvalue weighted by molar-refractivity contribution is 0.0690. The number of aromatic nitrogens is 1. The topological polar surface area (TPSA) is 59.4 Å². The van der Waals surface area contributed by atoms with Crippen LogP contribution in [0.2, 0.25) is 5.02 Å². The molecule has 0 bridgehead atoms. The van der Waals surface area contributed by atoms with Crippen LogP contribution < -0.4 is 4.74 Å². The summed E-state index contributed by atoms with van der Waals surface area (Å²) < 4.78 is 5.91. The van der Waals surface area contributed by atoms with E-state index < -0.39 is 5.97 Å². The van der Waals surface area contributed by atoms with Crippen molar-refractivity contribution in [2.24, 2.45) is 0 Å². The second-order valence-electron chi connectivity index (χ2n) is 3.27. The molecule has 17 heavy (non-hydrogen) atoms. The molecular weight excluding hydrogens is 309 g/mol. The van der Waals surface area contributed by atoms with Crippen molar-refractivity contribution < 1.29 is 14.6 Å². The number of halogens is 2. The fraction of sp³-hybridized carbons (Fsp3) is 0.0909. The van der Waals surface area contributed by atoms with Gasteiger partial charge in [0.25, 0.3) is 0 Å². The maximum Gasteiger partial charge on any atom is 0.354 e. The molecule has 0 saturated carbocycles. The quantitative estimate of drug-likeness (QED) is 0.923. The molecule has 0 amide bonds. The lowest BCUT2D eigenvalue weighted by atomic mass is 10.2. The highest BCUT2D eigenvalue weighted by molar-refractivity contribution is 9.10. The first kappa shape index (κ1) is 12.1. The van der Waals surface area contributed by atoms with Crippen molar-refractivity contribution in [3.05, 3.63) is 33.4 Å². The van der Waals surface area contributed by atoms with Gasteiger partial charge in [0.05, 0.1) is 23.0 Å². The molecule has 6 heteroatoms. The normalized spacial score (nSPS) is 10.5. The summed E-state index contributed by atoms with van der Waals surface area (Å²) in [6, 6.07) is 4.77. The zero-order chi connectivity index (χ0) is 12.6. The van der Waals surface area contributed by atoms with Gasteiger partial charge in [-0.05, 0) is 28.1 Å². The standard InChI is InChI=1S/C11H7BrClNO3/c1-17-8-4-7(11(15)16)14-10-6(13)3-2-5(12)9(8)10/h2-4H,1H3,(H,15,16). The second kappa shape index (κ2) is 4.50. The first-order chi connectivity index (χ1) is 8.04. The number of fused-ring (bicyclic) bond motifs is 1. The lowest BCUT2D eigenvalue weighted by Crippen LogP contribution is -2.02. The molecule has 0 atom stereocenters. The molecule has 1 heterocycles. The third-order valence-electron chi connectivity index (χ3n) is 2.26. The summed E-state index contributed by atoms with van der Waals surface area (Å²) in [7, 11) is 1.47. The molecule has 0 spiro atoms. The number of nitrogens with zero attached hydrogens (tertiary/aromatic N) is 1. The highest BCUT2D eigenvalue weighted by atomic mass is 79.9. The van der Waals surface area contributed by atoms with E-state index in [4.69, 9.17) is 21.4 Å². The molecule has 0 aliphatic heterocycles. The molecule has 88 valence electrons. The predicted molar refractivity (Wildman–Crippen MR) is 68.0 cm³/mol. The number of aromatic carboxylic acids is 1. The summed E-state index contributed by atoms with van der Waals surface area (Å²) in [6.45, 7) is 0. The smallest absolute Gasteiger partial charge is 0.354 e. The fourth-order valence-electron chi connectivity index (χ4n) is 1.50. The molecule has 0 saturated heterocycles. The Morgan fingerprint density at radius 2 is 2.24 bits per heavy atom. The van der Waals surface area contributed by atoms with Crippen LogP contribution in [0.25, 0.3) is 10.9 Å². The van der Waals surface area contributed by atoms with Gasteiger partial charge in [0.1, 0.15) is 5.75 Å². The SMILES string of the molecule is COc1cc(C(=O)O)nc2c(Cl)ccc(Br)c12. The van der Waals surface area contributed by atoms with Crippen molar-refractivity contribution in [1.29, 1.82) is 0 Å². The molecule has 1 aromatic carbocycles. The van der Waals surface area contributed by atoms with Crippen LogP contribution in [-0.4, -0.2) is 23.2 Å². The van der Waals surface area contributed by atoms with Gasteiger partial charge < -0.3 is 9.84 Å². The molecule has 2 rings (SSSR count). The summed E-state index contributed by atoms with van der Waals surface area (Å²) >= 11 is 9.36.